The number of benzene rings is 4. The molecule has 0 aliphatic carbocycles. The van der Waals surface area contributed by atoms with Crippen molar-refractivity contribution in [3.05, 3.63) is 140 Å². The Labute approximate surface area is 244 Å². The van der Waals surface area contributed by atoms with Crippen molar-refractivity contribution in [2.45, 2.75) is 38.4 Å². The first kappa shape index (κ1) is 28.7. The zero-order valence-electron chi connectivity index (χ0n) is 21.3. The van der Waals surface area contributed by atoms with Gasteiger partial charge in [-0.1, -0.05) is 114 Å². The Morgan fingerprint density at radius 2 is 1.33 bits per heavy atom. The Morgan fingerprint density at radius 1 is 0.718 bits per heavy atom. The van der Waals surface area contributed by atoms with Gasteiger partial charge in [-0.2, -0.15) is 0 Å². The molecule has 4 rings (SSSR count). The molecule has 4 aromatic carbocycles. The molecule has 1 atom stereocenters. The molecule has 2 amide bonds. The summed E-state index contributed by atoms with van der Waals surface area (Å²) in [4.78, 5) is 29.2. The maximum atomic E-state index is 13.8. The second kappa shape index (κ2) is 14.2. The maximum Gasteiger partial charge on any atom is 0.243 e. The number of halogens is 3. The van der Waals surface area contributed by atoms with Crippen LogP contribution >= 0.6 is 34.8 Å². The number of nitrogens with zero attached hydrogens (tertiary/aromatic N) is 1. The van der Waals surface area contributed by atoms with Crippen molar-refractivity contribution in [1.82, 2.24) is 10.2 Å². The summed E-state index contributed by atoms with van der Waals surface area (Å²) in [7, 11) is 0. The van der Waals surface area contributed by atoms with Gasteiger partial charge in [-0.15, -0.1) is 0 Å². The van der Waals surface area contributed by atoms with Gasteiger partial charge in [0.05, 0.1) is 0 Å². The minimum absolute atomic E-state index is 0.102. The van der Waals surface area contributed by atoms with Crippen LogP contribution in [-0.4, -0.2) is 22.8 Å². The van der Waals surface area contributed by atoms with Gasteiger partial charge in [0.2, 0.25) is 11.8 Å². The lowest BCUT2D eigenvalue weighted by Crippen LogP contribution is -2.50. The highest BCUT2D eigenvalue weighted by molar-refractivity contribution is 6.35. The number of hydrogen-bond donors (Lipinski definition) is 1. The normalized spacial score (nSPS) is 11.6. The molecule has 0 aliphatic heterocycles. The van der Waals surface area contributed by atoms with E-state index in [9.17, 15) is 9.59 Å². The molecule has 0 fully saturated rings. The molecule has 0 spiro atoms. The first-order valence-corrected chi connectivity index (χ1v) is 13.9. The molecule has 0 radical (unpaired) electrons. The topological polar surface area (TPSA) is 49.4 Å². The van der Waals surface area contributed by atoms with E-state index in [0.717, 1.165) is 22.3 Å². The van der Waals surface area contributed by atoms with Crippen LogP contribution in [0.3, 0.4) is 0 Å². The number of aryl methyl sites for hydroxylation is 1. The van der Waals surface area contributed by atoms with Crippen molar-refractivity contribution < 1.29 is 9.59 Å². The summed E-state index contributed by atoms with van der Waals surface area (Å²) in [5.74, 6) is -0.360. The van der Waals surface area contributed by atoms with Crippen LogP contribution in [0.1, 0.15) is 28.7 Å². The molecule has 4 aromatic rings. The third-order valence-corrected chi connectivity index (χ3v) is 7.31. The van der Waals surface area contributed by atoms with E-state index in [2.05, 4.69) is 5.32 Å². The van der Waals surface area contributed by atoms with Crippen molar-refractivity contribution >= 4 is 46.6 Å². The summed E-state index contributed by atoms with van der Waals surface area (Å²) in [5.41, 5.74) is 3.66. The van der Waals surface area contributed by atoms with E-state index in [1.54, 1.807) is 35.2 Å². The lowest BCUT2D eigenvalue weighted by molar-refractivity contribution is -0.141. The van der Waals surface area contributed by atoms with E-state index in [-0.39, 0.29) is 31.3 Å². The van der Waals surface area contributed by atoms with Crippen molar-refractivity contribution in [3.63, 3.8) is 0 Å². The van der Waals surface area contributed by atoms with Gasteiger partial charge in [0.25, 0.3) is 0 Å². The second-order valence-electron chi connectivity index (χ2n) is 9.29. The van der Waals surface area contributed by atoms with Crippen LogP contribution in [0.5, 0.6) is 0 Å². The fourth-order valence-corrected chi connectivity index (χ4v) is 4.95. The fraction of sp³-hybridized carbons (Fsp3) is 0.188. The number of carbonyl (C=O) groups excluding carboxylic acids is 2. The smallest absolute Gasteiger partial charge is 0.243 e. The Bertz CT molecular complexity index is 1380. The Balaban J connectivity index is 1.61. The molecule has 0 aliphatic rings. The number of nitrogens with one attached hydrogen (secondary N) is 1. The van der Waals surface area contributed by atoms with Gasteiger partial charge in [-0.05, 0) is 52.9 Å². The fourth-order valence-electron chi connectivity index (χ4n) is 4.35. The largest absolute Gasteiger partial charge is 0.350 e. The van der Waals surface area contributed by atoms with E-state index >= 15 is 0 Å². The molecule has 0 saturated carbocycles. The van der Waals surface area contributed by atoms with Crippen LogP contribution in [-0.2, 0) is 35.5 Å². The standard InChI is InChI=1S/C32H29Cl3N2O2/c33-27-15-11-25(12-16-27)22-37(31(38)18-13-23-7-3-1-4-8-23)30(19-24-9-5-2-6-10-24)32(39)36-21-26-14-17-28(34)20-29(26)35/h1-12,14-17,20,30H,13,18-19,21-22H2,(H,36,39)/t30-/m1/s1. The highest BCUT2D eigenvalue weighted by Crippen LogP contribution is 2.22. The van der Waals surface area contributed by atoms with Gasteiger partial charge < -0.3 is 10.2 Å². The van der Waals surface area contributed by atoms with Gasteiger partial charge in [-0.3, -0.25) is 9.59 Å². The van der Waals surface area contributed by atoms with Gasteiger partial charge in [0, 0.05) is 41.0 Å². The molecule has 7 heteroatoms. The summed E-state index contributed by atoms with van der Waals surface area (Å²) in [5, 5.41) is 4.61. The average molecular weight is 580 g/mol. The highest BCUT2D eigenvalue weighted by atomic mass is 35.5. The quantitative estimate of drug-likeness (QED) is 0.200. The summed E-state index contributed by atoms with van der Waals surface area (Å²) >= 11 is 18.5. The van der Waals surface area contributed by atoms with Gasteiger partial charge in [-0.25, -0.2) is 0 Å². The Kier molecular flexibility index (Phi) is 10.4. The SMILES string of the molecule is O=C(NCc1ccc(Cl)cc1Cl)[C@@H](Cc1ccccc1)N(Cc1ccc(Cl)cc1)C(=O)CCc1ccccc1. The van der Waals surface area contributed by atoms with Crippen LogP contribution in [0.2, 0.25) is 15.1 Å². The average Bonchev–Trinajstić information content (AvgIpc) is 2.95. The van der Waals surface area contributed by atoms with E-state index < -0.39 is 6.04 Å². The first-order chi connectivity index (χ1) is 18.9. The van der Waals surface area contributed by atoms with Crippen LogP contribution in [0.4, 0.5) is 0 Å². The summed E-state index contributed by atoms with van der Waals surface area (Å²) in [6.45, 7) is 0.491. The van der Waals surface area contributed by atoms with Crippen LogP contribution < -0.4 is 5.32 Å². The molecule has 0 saturated heterocycles. The number of amides is 2. The molecular weight excluding hydrogens is 551 g/mol. The van der Waals surface area contributed by atoms with E-state index in [0.29, 0.717) is 27.9 Å². The Morgan fingerprint density at radius 3 is 1.97 bits per heavy atom. The maximum absolute atomic E-state index is 13.8. The summed E-state index contributed by atoms with van der Waals surface area (Å²) in [6, 6.07) is 31.3. The van der Waals surface area contributed by atoms with Crippen LogP contribution in [0, 0.1) is 0 Å². The summed E-state index contributed by atoms with van der Waals surface area (Å²) in [6.07, 6.45) is 1.22. The van der Waals surface area contributed by atoms with Crippen molar-refractivity contribution in [2.75, 3.05) is 0 Å². The van der Waals surface area contributed by atoms with Crippen molar-refractivity contribution in [1.29, 1.82) is 0 Å². The molecule has 0 aromatic heterocycles. The zero-order chi connectivity index (χ0) is 27.6. The Hall–Kier alpha value is -3.31. The van der Waals surface area contributed by atoms with Crippen molar-refractivity contribution in [3.8, 4) is 0 Å². The summed E-state index contributed by atoms with van der Waals surface area (Å²) < 4.78 is 0. The lowest BCUT2D eigenvalue weighted by atomic mass is 10.0. The van der Waals surface area contributed by atoms with Crippen molar-refractivity contribution in [2.24, 2.45) is 0 Å². The predicted molar refractivity (Wildman–Crippen MR) is 159 cm³/mol. The zero-order valence-corrected chi connectivity index (χ0v) is 23.6. The number of carbonyl (C=O) groups is 2. The molecule has 0 heterocycles. The molecule has 1 N–H and O–H groups in total. The second-order valence-corrected chi connectivity index (χ2v) is 10.6. The minimum atomic E-state index is -0.738. The first-order valence-electron chi connectivity index (χ1n) is 12.7. The number of hydrogen-bond acceptors (Lipinski definition) is 2. The predicted octanol–water partition coefficient (Wildman–Crippen LogP) is 7.54. The van der Waals surface area contributed by atoms with Gasteiger partial charge >= 0.3 is 0 Å². The molecule has 39 heavy (non-hydrogen) atoms. The molecule has 200 valence electrons. The van der Waals surface area contributed by atoms with E-state index in [1.165, 1.54) is 0 Å². The van der Waals surface area contributed by atoms with Gasteiger partial charge in [0.1, 0.15) is 6.04 Å². The van der Waals surface area contributed by atoms with Crippen LogP contribution in [0.25, 0.3) is 0 Å². The van der Waals surface area contributed by atoms with E-state index in [1.807, 2.05) is 72.8 Å². The highest BCUT2D eigenvalue weighted by Gasteiger charge is 2.30. The lowest BCUT2D eigenvalue weighted by Gasteiger charge is -2.32. The monoisotopic (exact) mass is 578 g/mol. The molecular formula is C32H29Cl3N2O2. The third kappa shape index (κ3) is 8.59. The third-order valence-electron chi connectivity index (χ3n) is 6.48. The molecule has 0 unspecified atom stereocenters. The van der Waals surface area contributed by atoms with Gasteiger partial charge in [0.15, 0.2) is 0 Å². The van der Waals surface area contributed by atoms with Crippen LogP contribution in [0.15, 0.2) is 103 Å². The minimum Gasteiger partial charge on any atom is -0.350 e. The molecule has 0 bridgehead atoms. The van der Waals surface area contributed by atoms with E-state index in [4.69, 9.17) is 34.8 Å². The number of rotatable bonds is 11. The molecule has 4 nitrogen and oxygen atoms in total.